The zero-order valence-corrected chi connectivity index (χ0v) is 14.3. The van der Waals surface area contributed by atoms with E-state index in [1.165, 1.54) is 11.3 Å². The molecule has 0 bridgehead atoms. The third-order valence-electron chi connectivity index (χ3n) is 3.79. The van der Waals surface area contributed by atoms with E-state index in [1.807, 2.05) is 42.6 Å². The van der Waals surface area contributed by atoms with Gasteiger partial charge in [0.25, 0.3) is 11.8 Å². The van der Waals surface area contributed by atoms with E-state index < -0.39 is 0 Å². The Bertz CT molecular complexity index is 694. The summed E-state index contributed by atoms with van der Waals surface area (Å²) >= 11 is 1.42. The van der Waals surface area contributed by atoms with Gasteiger partial charge in [0.1, 0.15) is 5.75 Å². The molecule has 2 aromatic rings. The maximum Gasteiger partial charge on any atom is 0.261 e. The third kappa shape index (κ3) is 4.58. The molecule has 1 aromatic carbocycles. The number of benzene rings is 1. The predicted octanol–water partition coefficient (Wildman–Crippen LogP) is 2.90. The summed E-state index contributed by atoms with van der Waals surface area (Å²) in [6.45, 7) is 1.96. The first-order valence-electron chi connectivity index (χ1n) is 7.98. The third-order valence-corrected chi connectivity index (χ3v) is 4.65. The molecule has 2 amide bonds. The lowest BCUT2D eigenvalue weighted by molar-refractivity contribution is -0.123. The summed E-state index contributed by atoms with van der Waals surface area (Å²) in [6, 6.07) is 11.3. The predicted molar refractivity (Wildman–Crippen MR) is 93.3 cm³/mol. The molecule has 0 spiro atoms. The second-order valence-electron chi connectivity index (χ2n) is 5.87. The van der Waals surface area contributed by atoms with Gasteiger partial charge < -0.3 is 15.4 Å². The summed E-state index contributed by atoms with van der Waals surface area (Å²) < 4.78 is 5.47. The highest BCUT2D eigenvalue weighted by Gasteiger charge is 2.23. The van der Waals surface area contributed by atoms with Crippen LogP contribution in [0.25, 0.3) is 0 Å². The van der Waals surface area contributed by atoms with E-state index in [1.54, 1.807) is 6.07 Å². The molecule has 1 atom stereocenters. The van der Waals surface area contributed by atoms with Gasteiger partial charge >= 0.3 is 0 Å². The van der Waals surface area contributed by atoms with Crippen molar-refractivity contribution in [1.29, 1.82) is 0 Å². The van der Waals surface area contributed by atoms with Gasteiger partial charge in [-0.25, -0.2) is 0 Å². The van der Waals surface area contributed by atoms with Crippen molar-refractivity contribution < 1.29 is 14.3 Å². The Morgan fingerprint density at radius 2 is 2.00 bits per heavy atom. The summed E-state index contributed by atoms with van der Waals surface area (Å²) in [4.78, 5) is 24.3. The van der Waals surface area contributed by atoms with Gasteiger partial charge in [0.15, 0.2) is 6.61 Å². The molecule has 0 saturated heterocycles. The minimum absolute atomic E-state index is 0.0283. The van der Waals surface area contributed by atoms with Crippen LogP contribution in [0.1, 0.15) is 41.0 Å². The zero-order valence-electron chi connectivity index (χ0n) is 13.5. The summed E-state index contributed by atoms with van der Waals surface area (Å²) in [5.41, 5.74) is 0.981. The van der Waals surface area contributed by atoms with Gasteiger partial charge in [-0.2, -0.15) is 0 Å². The van der Waals surface area contributed by atoms with Crippen molar-refractivity contribution in [2.24, 2.45) is 0 Å². The molecule has 0 radical (unpaired) electrons. The fourth-order valence-electron chi connectivity index (χ4n) is 2.26. The first-order valence-corrected chi connectivity index (χ1v) is 8.86. The Hall–Kier alpha value is -2.34. The van der Waals surface area contributed by atoms with Crippen LogP contribution in [-0.2, 0) is 4.79 Å². The van der Waals surface area contributed by atoms with E-state index in [0.29, 0.717) is 16.7 Å². The first-order chi connectivity index (χ1) is 11.6. The molecule has 1 aliphatic carbocycles. The average Bonchev–Trinajstić information content (AvgIpc) is 3.22. The van der Waals surface area contributed by atoms with E-state index >= 15 is 0 Å². The molecular formula is C18H20N2O3S. The standard InChI is InChI=1S/C18H20N2O3S/c1-12(19-18(22)16-3-2-10-24-16)13-4-8-15(9-5-13)23-11-17(21)20-14-6-7-14/h2-5,8-10,12,14H,6-7,11H2,1H3,(H,19,22)(H,20,21)/t12-/m1/s1. The maximum atomic E-state index is 12.1. The average molecular weight is 344 g/mol. The fraction of sp³-hybridized carbons (Fsp3) is 0.333. The molecule has 24 heavy (non-hydrogen) atoms. The highest BCUT2D eigenvalue weighted by atomic mass is 32.1. The molecule has 1 fully saturated rings. The van der Waals surface area contributed by atoms with Crippen LogP contribution in [0.15, 0.2) is 41.8 Å². The topological polar surface area (TPSA) is 67.4 Å². The summed E-state index contributed by atoms with van der Waals surface area (Å²) in [7, 11) is 0. The number of hydrogen-bond acceptors (Lipinski definition) is 4. The van der Waals surface area contributed by atoms with Crippen LogP contribution in [0.5, 0.6) is 5.75 Å². The van der Waals surface area contributed by atoms with Crippen molar-refractivity contribution in [1.82, 2.24) is 10.6 Å². The minimum atomic E-state index is -0.105. The van der Waals surface area contributed by atoms with Crippen LogP contribution in [0.2, 0.25) is 0 Å². The molecule has 126 valence electrons. The largest absolute Gasteiger partial charge is 0.484 e. The summed E-state index contributed by atoms with van der Waals surface area (Å²) in [5.74, 6) is 0.481. The van der Waals surface area contributed by atoms with Crippen molar-refractivity contribution in [3.05, 3.63) is 52.2 Å². The Morgan fingerprint density at radius 3 is 2.62 bits per heavy atom. The van der Waals surface area contributed by atoms with Crippen LogP contribution in [-0.4, -0.2) is 24.5 Å². The van der Waals surface area contributed by atoms with Crippen molar-refractivity contribution >= 4 is 23.2 Å². The quantitative estimate of drug-likeness (QED) is 0.811. The van der Waals surface area contributed by atoms with Crippen molar-refractivity contribution in [2.75, 3.05) is 6.61 Å². The van der Waals surface area contributed by atoms with Crippen LogP contribution in [0.4, 0.5) is 0 Å². The lowest BCUT2D eigenvalue weighted by Gasteiger charge is -2.14. The van der Waals surface area contributed by atoms with Gasteiger partial charge in [0, 0.05) is 6.04 Å². The van der Waals surface area contributed by atoms with E-state index in [0.717, 1.165) is 18.4 Å². The van der Waals surface area contributed by atoms with Crippen LogP contribution in [0.3, 0.4) is 0 Å². The summed E-state index contributed by atoms with van der Waals surface area (Å²) in [5, 5.41) is 7.72. The number of carbonyl (C=O) groups excluding carboxylic acids is 2. The maximum absolute atomic E-state index is 12.1. The molecule has 5 nitrogen and oxygen atoms in total. The molecule has 3 rings (SSSR count). The van der Waals surface area contributed by atoms with E-state index in [4.69, 9.17) is 4.74 Å². The molecule has 0 unspecified atom stereocenters. The molecule has 6 heteroatoms. The second-order valence-corrected chi connectivity index (χ2v) is 6.82. The van der Waals surface area contributed by atoms with Gasteiger partial charge in [-0.3, -0.25) is 9.59 Å². The van der Waals surface area contributed by atoms with E-state index in [-0.39, 0.29) is 24.5 Å². The Labute approximate surface area is 145 Å². The molecule has 1 aliphatic rings. The number of amides is 2. The molecule has 1 saturated carbocycles. The van der Waals surface area contributed by atoms with E-state index in [2.05, 4.69) is 10.6 Å². The highest BCUT2D eigenvalue weighted by Crippen LogP contribution is 2.20. The molecular weight excluding hydrogens is 324 g/mol. The van der Waals surface area contributed by atoms with Crippen LogP contribution in [0, 0.1) is 0 Å². The molecule has 2 N–H and O–H groups in total. The molecule has 0 aliphatic heterocycles. The first kappa shape index (κ1) is 16.5. The fourth-order valence-corrected chi connectivity index (χ4v) is 2.88. The number of hydrogen-bond donors (Lipinski definition) is 2. The van der Waals surface area contributed by atoms with Crippen LogP contribution < -0.4 is 15.4 Å². The highest BCUT2D eigenvalue weighted by molar-refractivity contribution is 7.12. The number of rotatable bonds is 7. The van der Waals surface area contributed by atoms with Crippen molar-refractivity contribution in [3.63, 3.8) is 0 Å². The molecule has 1 aromatic heterocycles. The Balaban J connectivity index is 1.49. The monoisotopic (exact) mass is 344 g/mol. The van der Waals surface area contributed by atoms with Gasteiger partial charge in [0.05, 0.1) is 10.9 Å². The Kier molecular flexibility index (Phi) is 5.15. The zero-order chi connectivity index (χ0) is 16.9. The van der Waals surface area contributed by atoms with Gasteiger partial charge in [-0.15, -0.1) is 11.3 Å². The van der Waals surface area contributed by atoms with Gasteiger partial charge in [-0.1, -0.05) is 18.2 Å². The van der Waals surface area contributed by atoms with Gasteiger partial charge in [0.2, 0.25) is 0 Å². The SMILES string of the molecule is C[C@@H](NC(=O)c1cccs1)c1ccc(OCC(=O)NC2CC2)cc1. The molecule has 1 heterocycles. The number of ether oxygens (including phenoxy) is 1. The van der Waals surface area contributed by atoms with E-state index in [9.17, 15) is 9.59 Å². The summed E-state index contributed by atoms with van der Waals surface area (Å²) in [6.07, 6.45) is 2.13. The minimum Gasteiger partial charge on any atom is -0.484 e. The lowest BCUT2D eigenvalue weighted by atomic mass is 10.1. The van der Waals surface area contributed by atoms with Crippen LogP contribution >= 0.6 is 11.3 Å². The van der Waals surface area contributed by atoms with Crippen molar-refractivity contribution in [3.8, 4) is 5.75 Å². The van der Waals surface area contributed by atoms with Gasteiger partial charge in [-0.05, 0) is 48.9 Å². The Morgan fingerprint density at radius 1 is 1.25 bits per heavy atom. The number of thiophene rings is 1. The number of nitrogens with one attached hydrogen (secondary N) is 2. The lowest BCUT2D eigenvalue weighted by Crippen LogP contribution is -2.30. The normalized spacial score (nSPS) is 14.7. The van der Waals surface area contributed by atoms with Crippen molar-refractivity contribution in [2.45, 2.75) is 31.8 Å². The second kappa shape index (κ2) is 7.49. The smallest absolute Gasteiger partial charge is 0.261 e. The number of carbonyl (C=O) groups is 2.